The van der Waals surface area contributed by atoms with Gasteiger partial charge in [-0.1, -0.05) is 13.8 Å². The van der Waals surface area contributed by atoms with E-state index in [0.717, 1.165) is 19.3 Å². The van der Waals surface area contributed by atoms with E-state index in [2.05, 4.69) is 19.2 Å². The molecule has 1 unspecified atom stereocenters. The number of sulfonamides is 1. The molecular formula is C12H24N2O3S. The maximum Gasteiger partial charge on any atom is 0.224 e. The number of nitrogens with zero attached hydrogens (tertiary/aromatic N) is 1. The largest absolute Gasteiger partial charge is 0.356 e. The van der Waals surface area contributed by atoms with Crippen LogP contribution < -0.4 is 5.32 Å². The molecule has 0 radical (unpaired) electrons. The molecule has 0 aromatic rings. The lowest BCUT2D eigenvalue weighted by Crippen LogP contribution is -2.45. The topological polar surface area (TPSA) is 66.5 Å². The molecule has 0 spiro atoms. The van der Waals surface area contributed by atoms with Gasteiger partial charge in [0.15, 0.2) is 0 Å². The van der Waals surface area contributed by atoms with E-state index < -0.39 is 10.0 Å². The summed E-state index contributed by atoms with van der Waals surface area (Å²) in [5.74, 6) is 0.355. The first-order valence-corrected chi connectivity index (χ1v) is 8.38. The van der Waals surface area contributed by atoms with Gasteiger partial charge < -0.3 is 5.32 Å². The highest BCUT2D eigenvalue weighted by molar-refractivity contribution is 7.88. The molecule has 106 valence electrons. The van der Waals surface area contributed by atoms with Crippen LogP contribution in [0.5, 0.6) is 0 Å². The monoisotopic (exact) mass is 276 g/mol. The first kappa shape index (κ1) is 15.4. The number of hydrogen-bond acceptors (Lipinski definition) is 3. The minimum absolute atomic E-state index is 0.0102. The van der Waals surface area contributed by atoms with E-state index >= 15 is 0 Å². The van der Waals surface area contributed by atoms with Crippen molar-refractivity contribution in [3.8, 4) is 0 Å². The quantitative estimate of drug-likeness (QED) is 0.808. The van der Waals surface area contributed by atoms with Crippen LogP contribution in [0.15, 0.2) is 0 Å². The van der Waals surface area contributed by atoms with Crippen molar-refractivity contribution in [2.45, 2.75) is 33.1 Å². The molecular weight excluding hydrogens is 252 g/mol. The number of rotatable bonds is 5. The van der Waals surface area contributed by atoms with Crippen LogP contribution in [-0.4, -0.2) is 44.5 Å². The Hall–Kier alpha value is -0.620. The third kappa shape index (κ3) is 4.94. The Labute approximate surface area is 110 Å². The van der Waals surface area contributed by atoms with Gasteiger partial charge in [0, 0.05) is 19.6 Å². The van der Waals surface area contributed by atoms with Crippen LogP contribution in [0.25, 0.3) is 0 Å². The fourth-order valence-electron chi connectivity index (χ4n) is 2.09. The standard InChI is InChI=1S/C12H24N2O3S/c1-10(2)6-7-13-12(15)11-5-4-8-14(9-11)18(3,16)17/h10-11H,4-9H2,1-3H3,(H,13,15). The van der Waals surface area contributed by atoms with Crippen LogP contribution in [0, 0.1) is 11.8 Å². The van der Waals surface area contributed by atoms with Crippen LogP contribution >= 0.6 is 0 Å². The molecule has 1 atom stereocenters. The van der Waals surface area contributed by atoms with Crippen molar-refractivity contribution in [3.05, 3.63) is 0 Å². The van der Waals surface area contributed by atoms with Gasteiger partial charge in [0.05, 0.1) is 12.2 Å². The van der Waals surface area contributed by atoms with Crippen molar-refractivity contribution < 1.29 is 13.2 Å². The first-order chi connectivity index (χ1) is 8.30. The minimum atomic E-state index is -3.17. The Morgan fingerprint density at radius 2 is 2.11 bits per heavy atom. The molecule has 0 aromatic carbocycles. The third-order valence-corrected chi connectivity index (χ3v) is 4.51. The lowest BCUT2D eigenvalue weighted by atomic mass is 9.98. The van der Waals surface area contributed by atoms with E-state index in [9.17, 15) is 13.2 Å². The van der Waals surface area contributed by atoms with Gasteiger partial charge in [-0.25, -0.2) is 12.7 Å². The maximum absolute atomic E-state index is 11.9. The van der Waals surface area contributed by atoms with Crippen LogP contribution in [0.3, 0.4) is 0 Å². The second-order valence-electron chi connectivity index (χ2n) is 5.43. The Bertz CT molecular complexity index is 379. The highest BCUT2D eigenvalue weighted by Crippen LogP contribution is 2.18. The van der Waals surface area contributed by atoms with E-state index in [-0.39, 0.29) is 11.8 Å². The Balaban J connectivity index is 2.44. The molecule has 5 nitrogen and oxygen atoms in total. The lowest BCUT2D eigenvalue weighted by molar-refractivity contribution is -0.126. The third-order valence-electron chi connectivity index (χ3n) is 3.24. The number of carbonyl (C=O) groups excluding carboxylic acids is 1. The molecule has 0 aromatic heterocycles. The zero-order chi connectivity index (χ0) is 13.8. The highest BCUT2D eigenvalue weighted by Gasteiger charge is 2.29. The average molecular weight is 276 g/mol. The summed E-state index contributed by atoms with van der Waals surface area (Å²) >= 11 is 0. The van der Waals surface area contributed by atoms with Crippen molar-refractivity contribution in [1.29, 1.82) is 0 Å². The summed E-state index contributed by atoms with van der Waals surface area (Å²) < 4.78 is 24.3. The highest BCUT2D eigenvalue weighted by atomic mass is 32.2. The summed E-state index contributed by atoms with van der Waals surface area (Å²) in [6, 6.07) is 0. The van der Waals surface area contributed by atoms with Crippen molar-refractivity contribution in [1.82, 2.24) is 9.62 Å². The molecule has 18 heavy (non-hydrogen) atoms. The molecule has 0 bridgehead atoms. The predicted octanol–water partition coefficient (Wildman–Crippen LogP) is 0.820. The zero-order valence-electron chi connectivity index (χ0n) is 11.5. The van der Waals surface area contributed by atoms with Gasteiger partial charge in [-0.05, 0) is 25.2 Å². The van der Waals surface area contributed by atoms with E-state index in [4.69, 9.17) is 0 Å². The van der Waals surface area contributed by atoms with Crippen molar-refractivity contribution >= 4 is 15.9 Å². The normalized spacial score (nSPS) is 22.1. The zero-order valence-corrected chi connectivity index (χ0v) is 12.3. The summed E-state index contributed by atoms with van der Waals surface area (Å²) in [5.41, 5.74) is 0. The van der Waals surface area contributed by atoms with Gasteiger partial charge in [-0.3, -0.25) is 4.79 Å². The van der Waals surface area contributed by atoms with Crippen molar-refractivity contribution in [2.75, 3.05) is 25.9 Å². The summed E-state index contributed by atoms with van der Waals surface area (Å²) in [5, 5.41) is 2.90. The number of piperidine rings is 1. The van der Waals surface area contributed by atoms with Gasteiger partial charge in [-0.2, -0.15) is 0 Å². The average Bonchev–Trinajstić information content (AvgIpc) is 2.27. The molecule has 1 aliphatic rings. The Morgan fingerprint density at radius 1 is 1.44 bits per heavy atom. The molecule has 1 rings (SSSR count). The van der Waals surface area contributed by atoms with Crippen LogP contribution in [0.1, 0.15) is 33.1 Å². The molecule has 6 heteroatoms. The lowest BCUT2D eigenvalue weighted by Gasteiger charge is -2.30. The molecule has 1 N–H and O–H groups in total. The number of hydrogen-bond donors (Lipinski definition) is 1. The van der Waals surface area contributed by atoms with E-state index in [1.165, 1.54) is 10.6 Å². The second kappa shape index (κ2) is 6.52. The van der Waals surface area contributed by atoms with Crippen LogP contribution in [-0.2, 0) is 14.8 Å². The Morgan fingerprint density at radius 3 is 2.67 bits per heavy atom. The number of nitrogens with one attached hydrogen (secondary N) is 1. The first-order valence-electron chi connectivity index (χ1n) is 6.53. The SMILES string of the molecule is CC(C)CCNC(=O)C1CCCN(S(C)(=O)=O)C1. The minimum Gasteiger partial charge on any atom is -0.356 e. The van der Waals surface area contributed by atoms with Crippen LogP contribution in [0.2, 0.25) is 0 Å². The summed E-state index contributed by atoms with van der Waals surface area (Å²) in [7, 11) is -3.17. The fourth-order valence-corrected chi connectivity index (χ4v) is 3.00. The summed E-state index contributed by atoms with van der Waals surface area (Å²) in [4.78, 5) is 11.9. The predicted molar refractivity (Wildman–Crippen MR) is 71.6 cm³/mol. The smallest absolute Gasteiger partial charge is 0.224 e. The molecule has 1 aliphatic heterocycles. The summed E-state index contributed by atoms with van der Waals surface area (Å²) in [6.07, 6.45) is 3.69. The van der Waals surface area contributed by atoms with Gasteiger partial charge >= 0.3 is 0 Å². The maximum atomic E-state index is 11.9. The van der Waals surface area contributed by atoms with E-state index in [0.29, 0.717) is 25.6 Å². The van der Waals surface area contributed by atoms with Crippen LogP contribution in [0.4, 0.5) is 0 Å². The molecule has 0 saturated carbocycles. The fraction of sp³-hybridized carbons (Fsp3) is 0.917. The molecule has 1 amide bonds. The Kier molecular flexibility index (Phi) is 5.59. The van der Waals surface area contributed by atoms with Gasteiger partial charge in [0.25, 0.3) is 0 Å². The van der Waals surface area contributed by atoms with Crippen molar-refractivity contribution in [2.24, 2.45) is 11.8 Å². The van der Waals surface area contributed by atoms with Crippen molar-refractivity contribution in [3.63, 3.8) is 0 Å². The van der Waals surface area contributed by atoms with Gasteiger partial charge in [0.2, 0.25) is 15.9 Å². The summed E-state index contributed by atoms with van der Waals surface area (Å²) in [6.45, 7) is 5.75. The molecule has 1 saturated heterocycles. The van der Waals surface area contributed by atoms with E-state index in [1.54, 1.807) is 0 Å². The number of carbonyl (C=O) groups is 1. The molecule has 1 fully saturated rings. The van der Waals surface area contributed by atoms with Gasteiger partial charge in [0.1, 0.15) is 0 Å². The number of amides is 1. The van der Waals surface area contributed by atoms with Gasteiger partial charge in [-0.15, -0.1) is 0 Å². The second-order valence-corrected chi connectivity index (χ2v) is 7.42. The molecule has 0 aliphatic carbocycles. The molecule has 1 heterocycles. The van der Waals surface area contributed by atoms with E-state index in [1.807, 2.05) is 0 Å².